The van der Waals surface area contributed by atoms with Gasteiger partial charge >= 0.3 is 0 Å². The number of hydrogen-bond acceptors (Lipinski definition) is 2. The molecule has 0 unspecified atom stereocenters. The van der Waals surface area contributed by atoms with E-state index in [0.717, 1.165) is 16.9 Å². The summed E-state index contributed by atoms with van der Waals surface area (Å²) in [7, 11) is 3.51. The Labute approximate surface area is 103 Å². The Morgan fingerprint density at radius 2 is 1.88 bits per heavy atom. The Kier molecular flexibility index (Phi) is 4.16. The standard InChI is InChI=1S/C14H21NO2/c1-9-7-13(8-15(5)12(4)16)10(2)11(3)14(9)17-6/h7H,8H2,1-6H3. The zero-order chi connectivity index (χ0) is 13.2. The highest BCUT2D eigenvalue weighted by atomic mass is 16.5. The first-order valence-corrected chi connectivity index (χ1v) is 5.73. The van der Waals surface area contributed by atoms with E-state index in [0.29, 0.717) is 6.54 Å². The average Bonchev–Trinajstić information content (AvgIpc) is 2.26. The third-order valence-electron chi connectivity index (χ3n) is 3.28. The van der Waals surface area contributed by atoms with Crippen molar-refractivity contribution >= 4 is 5.91 Å². The third-order valence-corrected chi connectivity index (χ3v) is 3.28. The monoisotopic (exact) mass is 235 g/mol. The zero-order valence-corrected chi connectivity index (χ0v) is 11.5. The summed E-state index contributed by atoms with van der Waals surface area (Å²) < 4.78 is 5.38. The van der Waals surface area contributed by atoms with Gasteiger partial charge in [0.05, 0.1) is 7.11 Å². The molecule has 3 nitrogen and oxygen atoms in total. The van der Waals surface area contributed by atoms with E-state index in [9.17, 15) is 4.79 Å². The fourth-order valence-corrected chi connectivity index (χ4v) is 1.99. The van der Waals surface area contributed by atoms with Crippen molar-refractivity contribution < 1.29 is 9.53 Å². The van der Waals surface area contributed by atoms with Crippen molar-refractivity contribution in [2.45, 2.75) is 34.2 Å². The van der Waals surface area contributed by atoms with E-state index in [-0.39, 0.29) is 5.91 Å². The second kappa shape index (κ2) is 5.21. The van der Waals surface area contributed by atoms with E-state index >= 15 is 0 Å². The molecule has 94 valence electrons. The molecule has 1 amide bonds. The highest BCUT2D eigenvalue weighted by Crippen LogP contribution is 2.28. The normalized spacial score (nSPS) is 10.2. The van der Waals surface area contributed by atoms with Crippen molar-refractivity contribution in [3.8, 4) is 5.75 Å². The van der Waals surface area contributed by atoms with Gasteiger partial charge in [0, 0.05) is 20.5 Å². The molecular weight excluding hydrogens is 214 g/mol. The molecule has 0 atom stereocenters. The SMILES string of the molecule is COc1c(C)cc(CN(C)C(C)=O)c(C)c1C. The minimum absolute atomic E-state index is 0.0792. The van der Waals surface area contributed by atoms with Gasteiger partial charge in [-0.1, -0.05) is 6.07 Å². The van der Waals surface area contributed by atoms with Crippen LogP contribution in [0.25, 0.3) is 0 Å². The molecule has 0 radical (unpaired) electrons. The van der Waals surface area contributed by atoms with Crippen LogP contribution in [0.5, 0.6) is 5.75 Å². The highest BCUT2D eigenvalue weighted by molar-refractivity contribution is 5.73. The molecule has 1 aromatic carbocycles. The lowest BCUT2D eigenvalue weighted by molar-refractivity contribution is -0.128. The minimum Gasteiger partial charge on any atom is -0.496 e. The number of methoxy groups -OCH3 is 1. The van der Waals surface area contributed by atoms with Crippen LogP contribution in [0.15, 0.2) is 6.07 Å². The molecule has 17 heavy (non-hydrogen) atoms. The topological polar surface area (TPSA) is 29.5 Å². The summed E-state index contributed by atoms with van der Waals surface area (Å²) in [6, 6.07) is 2.10. The van der Waals surface area contributed by atoms with Crippen molar-refractivity contribution in [3.63, 3.8) is 0 Å². The molecule has 0 aliphatic carbocycles. The first-order valence-electron chi connectivity index (χ1n) is 5.73. The Bertz CT molecular complexity index is 438. The van der Waals surface area contributed by atoms with Gasteiger partial charge in [0.25, 0.3) is 0 Å². The predicted octanol–water partition coefficient (Wildman–Crippen LogP) is 2.60. The second-order valence-electron chi connectivity index (χ2n) is 4.51. The molecule has 1 rings (SSSR count). The maximum Gasteiger partial charge on any atom is 0.219 e. The maximum atomic E-state index is 11.3. The predicted molar refractivity (Wildman–Crippen MR) is 69.4 cm³/mol. The molecule has 1 aromatic rings. The second-order valence-corrected chi connectivity index (χ2v) is 4.51. The minimum atomic E-state index is 0.0792. The lowest BCUT2D eigenvalue weighted by Gasteiger charge is -2.20. The summed E-state index contributed by atoms with van der Waals surface area (Å²) >= 11 is 0. The molecule has 0 aliphatic heterocycles. The van der Waals surface area contributed by atoms with Crippen LogP contribution in [0.1, 0.15) is 29.2 Å². The molecule has 0 saturated heterocycles. The number of aryl methyl sites for hydroxylation is 1. The van der Waals surface area contributed by atoms with E-state index in [2.05, 4.69) is 19.9 Å². The average molecular weight is 235 g/mol. The molecule has 0 fully saturated rings. The van der Waals surface area contributed by atoms with E-state index < -0.39 is 0 Å². The van der Waals surface area contributed by atoms with Gasteiger partial charge in [-0.2, -0.15) is 0 Å². The molecular formula is C14H21NO2. The van der Waals surface area contributed by atoms with Gasteiger partial charge < -0.3 is 9.64 Å². The summed E-state index contributed by atoms with van der Waals surface area (Å²) in [5.41, 5.74) is 4.64. The Balaban J connectivity index is 3.15. The number of ether oxygens (including phenoxy) is 1. The number of carbonyl (C=O) groups is 1. The number of amides is 1. The Morgan fingerprint density at radius 3 is 2.35 bits per heavy atom. The Morgan fingerprint density at radius 1 is 1.29 bits per heavy atom. The Hall–Kier alpha value is -1.51. The number of rotatable bonds is 3. The highest BCUT2D eigenvalue weighted by Gasteiger charge is 2.12. The lowest BCUT2D eigenvalue weighted by atomic mass is 9.98. The van der Waals surface area contributed by atoms with Crippen LogP contribution in [0, 0.1) is 20.8 Å². The van der Waals surface area contributed by atoms with Crippen LogP contribution in [0.3, 0.4) is 0 Å². The molecule has 3 heteroatoms. The van der Waals surface area contributed by atoms with Crippen molar-refractivity contribution in [3.05, 3.63) is 28.3 Å². The van der Waals surface area contributed by atoms with E-state index in [4.69, 9.17) is 4.74 Å². The molecule has 0 saturated carbocycles. The van der Waals surface area contributed by atoms with Crippen molar-refractivity contribution in [1.82, 2.24) is 4.90 Å². The lowest BCUT2D eigenvalue weighted by Crippen LogP contribution is -2.23. The molecule has 0 N–H and O–H groups in total. The first kappa shape index (κ1) is 13.6. The molecule has 0 aromatic heterocycles. The van der Waals surface area contributed by atoms with Gasteiger partial charge in [-0.3, -0.25) is 4.79 Å². The third kappa shape index (κ3) is 2.78. The fourth-order valence-electron chi connectivity index (χ4n) is 1.99. The summed E-state index contributed by atoms with van der Waals surface area (Å²) in [4.78, 5) is 13.0. The van der Waals surface area contributed by atoms with Crippen molar-refractivity contribution in [2.24, 2.45) is 0 Å². The number of nitrogens with zero attached hydrogens (tertiary/aromatic N) is 1. The first-order chi connectivity index (χ1) is 7.88. The number of hydrogen-bond donors (Lipinski definition) is 0. The molecule has 0 bridgehead atoms. The van der Waals surface area contributed by atoms with Gasteiger partial charge in [0.15, 0.2) is 0 Å². The largest absolute Gasteiger partial charge is 0.496 e. The summed E-state index contributed by atoms with van der Waals surface area (Å²) in [5, 5.41) is 0. The maximum absolute atomic E-state index is 11.3. The molecule has 0 aliphatic rings. The van der Waals surface area contributed by atoms with Crippen LogP contribution < -0.4 is 4.74 Å². The van der Waals surface area contributed by atoms with Crippen LogP contribution in [-0.2, 0) is 11.3 Å². The van der Waals surface area contributed by atoms with Gasteiger partial charge in [-0.05, 0) is 43.0 Å². The molecule has 0 heterocycles. The van der Waals surface area contributed by atoms with Gasteiger partial charge in [-0.15, -0.1) is 0 Å². The van der Waals surface area contributed by atoms with Gasteiger partial charge in [-0.25, -0.2) is 0 Å². The van der Waals surface area contributed by atoms with Crippen LogP contribution in [-0.4, -0.2) is 25.0 Å². The van der Waals surface area contributed by atoms with Gasteiger partial charge in [0.1, 0.15) is 5.75 Å². The number of carbonyl (C=O) groups excluding carboxylic acids is 1. The van der Waals surface area contributed by atoms with Gasteiger partial charge in [0.2, 0.25) is 5.91 Å². The van der Waals surface area contributed by atoms with Crippen LogP contribution in [0.4, 0.5) is 0 Å². The van der Waals surface area contributed by atoms with E-state index in [1.54, 1.807) is 18.9 Å². The quantitative estimate of drug-likeness (QED) is 0.806. The van der Waals surface area contributed by atoms with E-state index in [1.807, 2.05) is 14.0 Å². The van der Waals surface area contributed by atoms with Crippen LogP contribution in [0.2, 0.25) is 0 Å². The summed E-state index contributed by atoms with van der Waals surface area (Å²) in [5.74, 6) is 1.02. The number of benzene rings is 1. The summed E-state index contributed by atoms with van der Waals surface area (Å²) in [6.45, 7) is 8.38. The fraction of sp³-hybridized carbons (Fsp3) is 0.500. The zero-order valence-electron chi connectivity index (χ0n) is 11.5. The van der Waals surface area contributed by atoms with E-state index in [1.165, 1.54) is 11.1 Å². The smallest absolute Gasteiger partial charge is 0.219 e. The van der Waals surface area contributed by atoms with Crippen molar-refractivity contribution in [1.29, 1.82) is 0 Å². The van der Waals surface area contributed by atoms with Crippen LogP contribution >= 0.6 is 0 Å². The molecule has 0 spiro atoms. The van der Waals surface area contributed by atoms with Crippen molar-refractivity contribution in [2.75, 3.05) is 14.2 Å². The summed E-state index contributed by atoms with van der Waals surface area (Å²) in [6.07, 6.45) is 0.